The Balaban J connectivity index is 3.16. The summed E-state index contributed by atoms with van der Waals surface area (Å²) in [6, 6.07) is 2.70. The quantitative estimate of drug-likeness (QED) is 0.457. The minimum absolute atomic E-state index is 0.150. The summed E-state index contributed by atoms with van der Waals surface area (Å²) in [6.07, 6.45) is 1.17. The summed E-state index contributed by atoms with van der Waals surface area (Å²) in [7, 11) is -1.75. The van der Waals surface area contributed by atoms with Crippen molar-refractivity contribution >= 4 is 12.6 Å². The Labute approximate surface area is 56.9 Å². The van der Waals surface area contributed by atoms with Gasteiger partial charge in [0.15, 0.2) is 0 Å². The van der Waals surface area contributed by atoms with Crippen LogP contribution in [-0.4, -0.2) is 17.2 Å². The molecule has 0 amide bonds. The van der Waals surface area contributed by atoms with Crippen molar-refractivity contribution < 1.29 is 14.5 Å². The van der Waals surface area contributed by atoms with Gasteiger partial charge in [-0.3, -0.25) is 0 Å². The van der Waals surface area contributed by atoms with Gasteiger partial charge in [0.1, 0.15) is 0 Å². The highest BCUT2D eigenvalue weighted by Crippen LogP contribution is 1.75. The van der Waals surface area contributed by atoms with Gasteiger partial charge in [0.2, 0.25) is 0 Å². The first-order valence-electron chi connectivity index (χ1n) is 2.65. The molecule has 0 fully saturated rings. The zero-order valence-electron chi connectivity index (χ0n) is 5.02. The van der Waals surface area contributed by atoms with Gasteiger partial charge in [-0.2, -0.15) is 0 Å². The molecule has 0 aliphatic carbocycles. The van der Waals surface area contributed by atoms with Crippen molar-refractivity contribution in [3.8, 4) is 0 Å². The van der Waals surface area contributed by atoms with Gasteiger partial charge in [-0.05, 0) is 6.07 Å². The second-order valence-electron chi connectivity index (χ2n) is 1.73. The van der Waals surface area contributed by atoms with Crippen molar-refractivity contribution in [1.29, 1.82) is 0 Å². The first kappa shape index (κ1) is 7.05. The first-order valence-corrected chi connectivity index (χ1v) is 2.65. The van der Waals surface area contributed by atoms with Gasteiger partial charge >= 0.3 is 12.7 Å². The van der Waals surface area contributed by atoms with Gasteiger partial charge in [0, 0.05) is 0 Å². The zero-order chi connectivity index (χ0) is 7.56. The van der Waals surface area contributed by atoms with Gasteiger partial charge in [-0.25, -0.2) is 4.79 Å². The average Bonchev–Trinajstić information content (AvgIpc) is 1.88. The molecule has 1 rings (SSSR count). The molecule has 0 aliphatic rings. The van der Waals surface area contributed by atoms with Gasteiger partial charge in [-0.1, -0.05) is 6.07 Å². The monoisotopic (exact) mass is 140 g/mol. The fourth-order valence-electron chi connectivity index (χ4n) is 0.572. The van der Waals surface area contributed by atoms with Crippen LogP contribution in [0.2, 0.25) is 0 Å². The second-order valence-corrected chi connectivity index (χ2v) is 1.73. The second kappa shape index (κ2) is 2.68. The lowest BCUT2D eigenvalue weighted by molar-refractivity contribution is 0.421. The Bertz CT molecular complexity index is 266. The number of hydrogen-bond donors (Lipinski definition) is 2. The normalized spacial score (nSPS) is 9.40. The maximum atomic E-state index is 10.6. The van der Waals surface area contributed by atoms with Crippen LogP contribution in [0.25, 0.3) is 0 Å². The molecule has 1 aromatic heterocycles. The zero-order valence-corrected chi connectivity index (χ0v) is 5.02. The van der Waals surface area contributed by atoms with Crippen LogP contribution in [0.3, 0.4) is 0 Å². The Morgan fingerprint density at radius 2 is 2.20 bits per heavy atom. The predicted molar refractivity (Wildman–Crippen MR) is 34.8 cm³/mol. The molecule has 0 saturated carbocycles. The molecule has 2 N–H and O–H groups in total. The van der Waals surface area contributed by atoms with Crippen LogP contribution < -0.4 is 11.1 Å². The standard InChI is InChI=1S/C5H5BO4/c7-5-4(6(8)9)2-1-3-10-5/h1-3,8-9H. The molecule has 0 radical (unpaired) electrons. The molecule has 4 nitrogen and oxygen atoms in total. The molecule has 0 atom stereocenters. The van der Waals surface area contributed by atoms with Crippen LogP contribution in [-0.2, 0) is 0 Å². The largest absolute Gasteiger partial charge is 0.495 e. The summed E-state index contributed by atoms with van der Waals surface area (Å²) in [4.78, 5) is 10.6. The maximum absolute atomic E-state index is 10.6. The van der Waals surface area contributed by atoms with E-state index in [9.17, 15) is 4.79 Å². The van der Waals surface area contributed by atoms with E-state index in [0.29, 0.717) is 0 Å². The van der Waals surface area contributed by atoms with Crippen LogP contribution in [0.1, 0.15) is 0 Å². The highest BCUT2D eigenvalue weighted by Gasteiger charge is 2.14. The van der Waals surface area contributed by atoms with Crippen LogP contribution in [0.15, 0.2) is 27.6 Å². The fourth-order valence-corrected chi connectivity index (χ4v) is 0.572. The van der Waals surface area contributed by atoms with Crippen molar-refractivity contribution in [3.63, 3.8) is 0 Å². The number of hydrogen-bond acceptors (Lipinski definition) is 4. The molecule has 1 heterocycles. The Kier molecular flexibility index (Phi) is 1.89. The Morgan fingerprint density at radius 3 is 2.60 bits per heavy atom. The minimum Gasteiger partial charge on any atom is -0.432 e. The van der Waals surface area contributed by atoms with E-state index in [1.54, 1.807) is 0 Å². The average molecular weight is 140 g/mol. The molecule has 0 saturated heterocycles. The van der Waals surface area contributed by atoms with E-state index in [4.69, 9.17) is 10.0 Å². The van der Waals surface area contributed by atoms with Crippen LogP contribution >= 0.6 is 0 Å². The molecule has 0 spiro atoms. The van der Waals surface area contributed by atoms with Crippen molar-refractivity contribution in [1.82, 2.24) is 0 Å². The molecule has 0 aromatic carbocycles. The van der Waals surface area contributed by atoms with E-state index in [0.717, 1.165) is 0 Å². The van der Waals surface area contributed by atoms with E-state index in [1.807, 2.05) is 0 Å². The highest BCUT2D eigenvalue weighted by molar-refractivity contribution is 6.58. The number of rotatable bonds is 1. The molecule has 52 valence electrons. The van der Waals surface area contributed by atoms with E-state index in [-0.39, 0.29) is 5.46 Å². The van der Waals surface area contributed by atoms with E-state index < -0.39 is 12.7 Å². The van der Waals surface area contributed by atoms with Crippen molar-refractivity contribution in [2.45, 2.75) is 0 Å². The molecule has 0 bridgehead atoms. The molecular formula is C5H5BO4. The van der Waals surface area contributed by atoms with E-state index >= 15 is 0 Å². The molecule has 1 aromatic rings. The van der Waals surface area contributed by atoms with Gasteiger partial charge in [0.25, 0.3) is 0 Å². The predicted octanol–water partition coefficient (Wildman–Crippen LogP) is -1.68. The third-order valence-corrected chi connectivity index (χ3v) is 1.04. The molecule has 0 aliphatic heterocycles. The third kappa shape index (κ3) is 1.26. The maximum Gasteiger partial charge on any atom is 0.495 e. The highest BCUT2D eigenvalue weighted by atomic mass is 16.4. The van der Waals surface area contributed by atoms with Crippen molar-refractivity contribution in [2.24, 2.45) is 0 Å². The minimum atomic E-state index is -1.75. The smallest absolute Gasteiger partial charge is 0.432 e. The van der Waals surface area contributed by atoms with Crippen LogP contribution in [0, 0.1) is 0 Å². The Hall–Kier alpha value is -1.07. The summed E-state index contributed by atoms with van der Waals surface area (Å²) in [5, 5.41) is 17.0. The summed E-state index contributed by atoms with van der Waals surface area (Å²) >= 11 is 0. The van der Waals surface area contributed by atoms with E-state index in [1.165, 1.54) is 18.4 Å². The fraction of sp³-hybridized carbons (Fsp3) is 0. The molecule has 5 heteroatoms. The van der Waals surface area contributed by atoms with Crippen LogP contribution in [0.5, 0.6) is 0 Å². The lowest BCUT2D eigenvalue weighted by Gasteiger charge is -1.92. The summed E-state index contributed by atoms with van der Waals surface area (Å²) in [5.41, 5.74) is -0.875. The van der Waals surface area contributed by atoms with Gasteiger partial charge in [0.05, 0.1) is 11.7 Å². The van der Waals surface area contributed by atoms with Gasteiger partial charge in [-0.15, -0.1) is 0 Å². The summed E-state index contributed by atoms with van der Waals surface area (Å²) < 4.78 is 4.34. The topological polar surface area (TPSA) is 70.7 Å². The first-order chi connectivity index (χ1) is 4.72. The lowest BCUT2D eigenvalue weighted by atomic mass is 9.82. The van der Waals surface area contributed by atoms with Crippen LogP contribution in [0.4, 0.5) is 0 Å². The molecule has 10 heavy (non-hydrogen) atoms. The van der Waals surface area contributed by atoms with Crippen molar-refractivity contribution in [3.05, 3.63) is 28.8 Å². The van der Waals surface area contributed by atoms with E-state index in [2.05, 4.69) is 4.42 Å². The molecular weight excluding hydrogens is 135 g/mol. The SMILES string of the molecule is O=c1occcc1B(O)O. The third-order valence-electron chi connectivity index (χ3n) is 1.04. The molecule has 0 unspecified atom stereocenters. The van der Waals surface area contributed by atoms with Gasteiger partial charge < -0.3 is 14.5 Å². The Morgan fingerprint density at radius 1 is 1.50 bits per heavy atom. The summed E-state index contributed by atoms with van der Waals surface area (Å²) in [6.45, 7) is 0. The summed E-state index contributed by atoms with van der Waals surface area (Å²) in [5.74, 6) is 0. The lowest BCUT2D eigenvalue weighted by Crippen LogP contribution is -2.40. The van der Waals surface area contributed by atoms with Crippen molar-refractivity contribution in [2.75, 3.05) is 0 Å².